The summed E-state index contributed by atoms with van der Waals surface area (Å²) in [5.41, 5.74) is 7.24. The minimum absolute atomic E-state index is 0.145. The molecule has 2 atom stereocenters. The summed E-state index contributed by atoms with van der Waals surface area (Å²) in [7, 11) is 0. The van der Waals surface area contributed by atoms with Crippen molar-refractivity contribution in [1.82, 2.24) is 0 Å². The van der Waals surface area contributed by atoms with Crippen molar-refractivity contribution in [2.45, 2.75) is 38.8 Å². The monoisotopic (exact) mass is 259 g/mol. The van der Waals surface area contributed by atoms with E-state index in [1.807, 2.05) is 31.2 Å². The first-order valence-corrected chi connectivity index (χ1v) is 6.63. The van der Waals surface area contributed by atoms with Crippen LogP contribution in [0.25, 0.3) is 0 Å². The average Bonchev–Trinajstić information content (AvgIpc) is 2.89. The van der Waals surface area contributed by atoms with Gasteiger partial charge in [0.05, 0.1) is 6.26 Å². The van der Waals surface area contributed by atoms with Crippen molar-refractivity contribution in [1.29, 1.82) is 0 Å². The second-order valence-electron chi connectivity index (χ2n) is 5.14. The highest BCUT2D eigenvalue weighted by molar-refractivity contribution is 5.31. The molecular formula is C16H21NO2. The summed E-state index contributed by atoms with van der Waals surface area (Å²) in [5.74, 6) is 2.05. The van der Waals surface area contributed by atoms with Crippen LogP contribution in [0.5, 0.6) is 5.75 Å². The normalized spacial score (nSPS) is 14.4. The molecule has 0 saturated heterocycles. The van der Waals surface area contributed by atoms with E-state index in [0.717, 1.165) is 11.5 Å². The van der Waals surface area contributed by atoms with E-state index < -0.39 is 0 Å². The molecule has 1 aromatic carbocycles. The zero-order chi connectivity index (χ0) is 13.8. The van der Waals surface area contributed by atoms with Gasteiger partial charge in [-0.15, -0.1) is 0 Å². The van der Waals surface area contributed by atoms with Gasteiger partial charge in [0.25, 0.3) is 0 Å². The van der Waals surface area contributed by atoms with Gasteiger partial charge in [-0.1, -0.05) is 26.0 Å². The Hall–Kier alpha value is -1.74. The fourth-order valence-corrected chi connectivity index (χ4v) is 1.97. The van der Waals surface area contributed by atoms with Crippen molar-refractivity contribution >= 4 is 0 Å². The highest BCUT2D eigenvalue weighted by Crippen LogP contribution is 2.27. The quantitative estimate of drug-likeness (QED) is 0.886. The highest BCUT2D eigenvalue weighted by atomic mass is 16.5. The third-order valence-corrected chi connectivity index (χ3v) is 3.09. The fraction of sp³-hybridized carbons (Fsp3) is 0.375. The van der Waals surface area contributed by atoms with E-state index in [2.05, 4.69) is 26.0 Å². The Morgan fingerprint density at radius 1 is 1.11 bits per heavy atom. The third-order valence-electron chi connectivity index (χ3n) is 3.09. The minimum Gasteiger partial charge on any atom is -0.481 e. The third kappa shape index (κ3) is 3.38. The molecule has 3 heteroatoms. The SMILES string of the molecule is CC(C)c1cccc(OC(c2ccco2)C(C)N)c1. The Morgan fingerprint density at radius 2 is 1.89 bits per heavy atom. The lowest BCUT2D eigenvalue weighted by molar-refractivity contribution is 0.153. The van der Waals surface area contributed by atoms with Gasteiger partial charge in [-0.25, -0.2) is 0 Å². The van der Waals surface area contributed by atoms with Gasteiger partial charge in [0.1, 0.15) is 11.5 Å². The number of ether oxygens (including phenoxy) is 1. The van der Waals surface area contributed by atoms with Gasteiger partial charge in [-0.2, -0.15) is 0 Å². The Bertz CT molecular complexity index is 503. The lowest BCUT2D eigenvalue weighted by Gasteiger charge is -2.21. The lowest BCUT2D eigenvalue weighted by atomic mass is 10.0. The Kier molecular flexibility index (Phi) is 4.27. The highest BCUT2D eigenvalue weighted by Gasteiger charge is 2.21. The first kappa shape index (κ1) is 13.7. The number of furan rings is 1. The smallest absolute Gasteiger partial charge is 0.171 e. The summed E-state index contributed by atoms with van der Waals surface area (Å²) in [6.45, 7) is 6.24. The molecule has 0 radical (unpaired) electrons. The van der Waals surface area contributed by atoms with Crippen LogP contribution in [0.2, 0.25) is 0 Å². The predicted octanol–water partition coefficient (Wildman–Crippen LogP) is 3.87. The Morgan fingerprint density at radius 3 is 2.47 bits per heavy atom. The molecule has 102 valence electrons. The number of nitrogens with two attached hydrogens (primary N) is 1. The molecule has 0 aliphatic rings. The molecule has 0 spiro atoms. The summed E-state index contributed by atoms with van der Waals surface area (Å²) in [5, 5.41) is 0. The van der Waals surface area contributed by atoms with E-state index in [0.29, 0.717) is 5.92 Å². The van der Waals surface area contributed by atoms with Crippen LogP contribution in [-0.2, 0) is 0 Å². The molecule has 3 nitrogen and oxygen atoms in total. The number of benzene rings is 1. The first-order chi connectivity index (χ1) is 9.08. The van der Waals surface area contributed by atoms with Gasteiger partial charge >= 0.3 is 0 Å². The zero-order valence-electron chi connectivity index (χ0n) is 11.7. The van der Waals surface area contributed by atoms with Crippen LogP contribution in [-0.4, -0.2) is 6.04 Å². The van der Waals surface area contributed by atoms with Crippen LogP contribution >= 0.6 is 0 Å². The van der Waals surface area contributed by atoms with E-state index in [9.17, 15) is 0 Å². The molecule has 2 rings (SSSR count). The number of rotatable bonds is 5. The lowest BCUT2D eigenvalue weighted by Crippen LogP contribution is -2.28. The van der Waals surface area contributed by atoms with E-state index >= 15 is 0 Å². The summed E-state index contributed by atoms with van der Waals surface area (Å²) >= 11 is 0. The number of hydrogen-bond acceptors (Lipinski definition) is 3. The molecule has 1 aromatic heterocycles. The van der Waals surface area contributed by atoms with Gasteiger partial charge in [-0.3, -0.25) is 0 Å². The zero-order valence-corrected chi connectivity index (χ0v) is 11.7. The van der Waals surface area contributed by atoms with Gasteiger partial charge in [0.15, 0.2) is 6.10 Å². The molecule has 0 saturated carbocycles. The van der Waals surface area contributed by atoms with Crippen molar-refractivity contribution in [3.8, 4) is 5.75 Å². The number of hydrogen-bond donors (Lipinski definition) is 1. The standard InChI is InChI=1S/C16H21NO2/c1-11(2)13-6-4-7-14(10-13)19-16(12(3)17)15-8-5-9-18-15/h4-12,16H,17H2,1-3H3. The maximum absolute atomic E-state index is 5.99. The van der Waals surface area contributed by atoms with Crippen LogP contribution in [0.15, 0.2) is 47.1 Å². The van der Waals surface area contributed by atoms with Gasteiger partial charge in [0.2, 0.25) is 0 Å². The van der Waals surface area contributed by atoms with Gasteiger partial charge in [-0.05, 0) is 42.7 Å². The van der Waals surface area contributed by atoms with Gasteiger partial charge < -0.3 is 14.9 Å². The molecule has 0 aliphatic heterocycles. The van der Waals surface area contributed by atoms with E-state index in [-0.39, 0.29) is 12.1 Å². The molecule has 0 bridgehead atoms. The molecular weight excluding hydrogens is 238 g/mol. The first-order valence-electron chi connectivity index (χ1n) is 6.63. The molecule has 0 aliphatic carbocycles. The fourth-order valence-electron chi connectivity index (χ4n) is 1.97. The van der Waals surface area contributed by atoms with Crippen LogP contribution < -0.4 is 10.5 Å². The molecule has 0 fully saturated rings. The van der Waals surface area contributed by atoms with E-state index in [1.54, 1.807) is 6.26 Å². The molecule has 0 amide bonds. The summed E-state index contributed by atoms with van der Waals surface area (Å²) in [4.78, 5) is 0. The maximum Gasteiger partial charge on any atom is 0.171 e. The topological polar surface area (TPSA) is 48.4 Å². The minimum atomic E-state index is -0.266. The van der Waals surface area contributed by atoms with Crippen LogP contribution in [0.4, 0.5) is 0 Å². The largest absolute Gasteiger partial charge is 0.481 e. The predicted molar refractivity (Wildman–Crippen MR) is 76.3 cm³/mol. The summed E-state index contributed by atoms with van der Waals surface area (Å²) in [6, 6.07) is 11.7. The maximum atomic E-state index is 5.99. The summed E-state index contributed by atoms with van der Waals surface area (Å²) < 4.78 is 11.4. The Labute approximate surface area is 114 Å². The molecule has 2 N–H and O–H groups in total. The average molecular weight is 259 g/mol. The van der Waals surface area contributed by atoms with Crippen LogP contribution in [0.3, 0.4) is 0 Å². The van der Waals surface area contributed by atoms with E-state index in [1.165, 1.54) is 5.56 Å². The van der Waals surface area contributed by atoms with Crippen molar-refractivity contribution in [2.75, 3.05) is 0 Å². The van der Waals surface area contributed by atoms with Crippen molar-refractivity contribution in [3.05, 3.63) is 54.0 Å². The Balaban J connectivity index is 2.20. The van der Waals surface area contributed by atoms with Crippen LogP contribution in [0.1, 0.15) is 44.1 Å². The van der Waals surface area contributed by atoms with Gasteiger partial charge in [0, 0.05) is 6.04 Å². The summed E-state index contributed by atoms with van der Waals surface area (Å²) in [6.07, 6.45) is 1.37. The second kappa shape index (κ2) is 5.93. The van der Waals surface area contributed by atoms with Crippen LogP contribution in [0, 0.1) is 0 Å². The molecule has 2 unspecified atom stereocenters. The second-order valence-corrected chi connectivity index (χ2v) is 5.14. The molecule has 1 heterocycles. The molecule has 19 heavy (non-hydrogen) atoms. The van der Waals surface area contributed by atoms with E-state index in [4.69, 9.17) is 14.9 Å². The van der Waals surface area contributed by atoms with Crippen molar-refractivity contribution in [2.24, 2.45) is 5.73 Å². The van der Waals surface area contributed by atoms with Crippen molar-refractivity contribution in [3.63, 3.8) is 0 Å². The van der Waals surface area contributed by atoms with Crippen molar-refractivity contribution < 1.29 is 9.15 Å². The molecule has 2 aromatic rings.